The van der Waals surface area contributed by atoms with Gasteiger partial charge in [-0.1, -0.05) is 36.4 Å². The van der Waals surface area contributed by atoms with Gasteiger partial charge in [-0.25, -0.2) is 0 Å². The van der Waals surface area contributed by atoms with Gasteiger partial charge in [0.25, 0.3) is 0 Å². The molecule has 2 aromatic carbocycles. The van der Waals surface area contributed by atoms with Gasteiger partial charge in [0.1, 0.15) is 0 Å². The van der Waals surface area contributed by atoms with Gasteiger partial charge in [0, 0.05) is 23.9 Å². The molecule has 0 spiro atoms. The van der Waals surface area contributed by atoms with Gasteiger partial charge in [-0.15, -0.1) is 0 Å². The molecule has 0 aliphatic rings. The van der Waals surface area contributed by atoms with Gasteiger partial charge in [0.15, 0.2) is 0 Å². The molecule has 0 aliphatic carbocycles. The van der Waals surface area contributed by atoms with Gasteiger partial charge in [-0.3, -0.25) is 9.69 Å². The van der Waals surface area contributed by atoms with Gasteiger partial charge >= 0.3 is 0 Å². The van der Waals surface area contributed by atoms with Crippen molar-refractivity contribution in [3.8, 4) is 0 Å². The minimum Gasteiger partial charge on any atom is -0.361 e. The number of fused-ring (bicyclic) bond motifs is 1. The Morgan fingerprint density at radius 1 is 1.14 bits per heavy atom. The summed E-state index contributed by atoms with van der Waals surface area (Å²) in [6.07, 6.45) is 1.89. The highest BCUT2D eigenvalue weighted by molar-refractivity contribution is 5.94. The zero-order valence-electron chi connectivity index (χ0n) is 12.5. The van der Waals surface area contributed by atoms with Crippen LogP contribution in [0.3, 0.4) is 0 Å². The first kappa shape index (κ1) is 14.4. The van der Waals surface area contributed by atoms with Crippen molar-refractivity contribution in [3.05, 3.63) is 66.4 Å². The Hall–Kier alpha value is -2.59. The second-order valence-electron chi connectivity index (χ2n) is 5.49. The average molecular weight is 293 g/mol. The molecule has 0 unspecified atom stereocenters. The zero-order chi connectivity index (χ0) is 15.4. The van der Waals surface area contributed by atoms with E-state index in [2.05, 4.69) is 22.4 Å². The van der Waals surface area contributed by atoms with Crippen LogP contribution in [-0.2, 0) is 11.3 Å². The summed E-state index contributed by atoms with van der Waals surface area (Å²) in [5, 5.41) is 4.08. The number of hydrogen-bond donors (Lipinski definition) is 2. The topological polar surface area (TPSA) is 48.1 Å². The predicted molar refractivity (Wildman–Crippen MR) is 89.7 cm³/mol. The smallest absolute Gasteiger partial charge is 0.238 e. The van der Waals surface area contributed by atoms with E-state index in [-0.39, 0.29) is 5.91 Å². The molecule has 0 atom stereocenters. The van der Waals surface area contributed by atoms with Crippen molar-refractivity contribution in [2.24, 2.45) is 0 Å². The van der Waals surface area contributed by atoms with Crippen LogP contribution in [0.15, 0.2) is 60.8 Å². The average Bonchev–Trinajstić information content (AvgIpc) is 2.95. The largest absolute Gasteiger partial charge is 0.361 e. The van der Waals surface area contributed by atoms with Gasteiger partial charge in [-0.2, -0.15) is 0 Å². The van der Waals surface area contributed by atoms with E-state index >= 15 is 0 Å². The monoisotopic (exact) mass is 293 g/mol. The van der Waals surface area contributed by atoms with Crippen molar-refractivity contribution in [2.45, 2.75) is 6.54 Å². The van der Waals surface area contributed by atoms with E-state index in [0.29, 0.717) is 6.54 Å². The molecule has 0 saturated carbocycles. The van der Waals surface area contributed by atoms with Gasteiger partial charge in [0.2, 0.25) is 5.91 Å². The summed E-state index contributed by atoms with van der Waals surface area (Å²) in [6.45, 7) is 1.11. The fourth-order valence-electron chi connectivity index (χ4n) is 2.52. The summed E-state index contributed by atoms with van der Waals surface area (Å²) in [5.41, 5.74) is 3.04. The van der Waals surface area contributed by atoms with E-state index in [1.807, 2.05) is 60.6 Å². The van der Waals surface area contributed by atoms with Crippen LogP contribution >= 0.6 is 0 Å². The summed E-state index contributed by atoms with van der Waals surface area (Å²) in [5.74, 6) is -0.00987. The second kappa shape index (κ2) is 6.45. The molecule has 1 amide bonds. The van der Waals surface area contributed by atoms with E-state index in [0.717, 1.165) is 23.1 Å². The Bertz CT molecular complexity index is 764. The first-order valence-corrected chi connectivity index (χ1v) is 7.30. The molecular weight excluding hydrogens is 274 g/mol. The molecule has 0 radical (unpaired) electrons. The molecule has 4 nitrogen and oxygen atoms in total. The van der Waals surface area contributed by atoms with E-state index in [4.69, 9.17) is 0 Å². The van der Waals surface area contributed by atoms with Crippen LogP contribution in [0.25, 0.3) is 10.9 Å². The molecule has 0 fully saturated rings. The number of carbonyl (C=O) groups is 1. The van der Waals surface area contributed by atoms with Crippen molar-refractivity contribution in [2.75, 3.05) is 18.9 Å². The van der Waals surface area contributed by atoms with Gasteiger partial charge in [0.05, 0.1) is 6.54 Å². The van der Waals surface area contributed by atoms with Crippen molar-refractivity contribution in [1.29, 1.82) is 0 Å². The van der Waals surface area contributed by atoms with E-state index in [1.165, 1.54) is 5.56 Å². The van der Waals surface area contributed by atoms with E-state index in [9.17, 15) is 4.79 Å². The van der Waals surface area contributed by atoms with Crippen LogP contribution in [0.5, 0.6) is 0 Å². The number of H-pyrrole nitrogens is 1. The van der Waals surface area contributed by atoms with Crippen molar-refractivity contribution in [1.82, 2.24) is 9.88 Å². The lowest BCUT2D eigenvalue weighted by Crippen LogP contribution is -2.29. The number of carbonyl (C=O) groups excluding carboxylic acids is 1. The van der Waals surface area contributed by atoms with Crippen LogP contribution in [-0.4, -0.2) is 29.4 Å². The molecule has 4 heteroatoms. The number of amides is 1. The first-order chi connectivity index (χ1) is 10.7. The summed E-state index contributed by atoms with van der Waals surface area (Å²) in [4.78, 5) is 17.3. The number of hydrogen-bond acceptors (Lipinski definition) is 2. The predicted octanol–water partition coefficient (Wildman–Crippen LogP) is 3.24. The maximum absolute atomic E-state index is 12.1. The molecule has 0 bridgehead atoms. The Balaban J connectivity index is 1.57. The molecule has 0 saturated heterocycles. The molecule has 0 aliphatic heterocycles. The maximum atomic E-state index is 12.1. The number of likely N-dealkylation sites (N-methyl/N-ethyl adjacent to an activating group) is 1. The summed E-state index contributed by atoms with van der Waals surface area (Å²) in [7, 11) is 1.95. The number of aromatic amines is 1. The molecule has 2 N–H and O–H groups in total. The third kappa shape index (κ3) is 3.54. The molecule has 1 heterocycles. The molecule has 1 aromatic heterocycles. The number of anilines is 1. The molecule has 22 heavy (non-hydrogen) atoms. The summed E-state index contributed by atoms with van der Waals surface area (Å²) >= 11 is 0. The maximum Gasteiger partial charge on any atom is 0.238 e. The van der Waals surface area contributed by atoms with Gasteiger partial charge < -0.3 is 10.3 Å². The second-order valence-corrected chi connectivity index (χ2v) is 5.49. The molecular formula is C18H19N3O. The fraction of sp³-hybridized carbons (Fsp3) is 0.167. The third-order valence-electron chi connectivity index (χ3n) is 3.55. The van der Waals surface area contributed by atoms with Crippen LogP contribution in [0.2, 0.25) is 0 Å². The van der Waals surface area contributed by atoms with Crippen LogP contribution in [0, 0.1) is 0 Å². The Labute approximate surface area is 129 Å². The van der Waals surface area contributed by atoms with Crippen LogP contribution < -0.4 is 5.32 Å². The Kier molecular flexibility index (Phi) is 4.21. The van der Waals surface area contributed by atoms with E-state index in [1.54, 1.807) is 0 Å². The fourth-order valence-corrected chi connectivity index (χ4v) is 2.52. The number of nitrogens with zero attached hydrogens (tertiary/aromatic N) is 1. The van der Waals surface area contributed by atoms with Crippen molar-refractivity contribution in [3.63, 3.8) is 0 Å². The lowest BCUT2D eigenvalue weighted by atomic mass is 10.2. The number of benzene rings is 2. The standard InChI is InChI=1S/C18H19N3O/c1-21(12-14-5-3-2-4-6-14)13-18(22)20-16-8-7-15-9-10-19-17(15)11-16/h2-11,19H,12-13H2,1H3,(H,20,22). The number of aromatic nitrogens is 1. The summed E-state index contributed by atoms with van der Waals surface area (Å²) < 4.78 is 0. The van der Waals surface area contributed by atoms with E-state index < -0.39 is 0 Å². The molecule has 112 valence electrons. The zero-order valence-corrected chi connectivity index (χ0v) is 12.5. The van der Waals surface area contributed by atoms with Crippen LogP contribution in [0.1, 0.15) is 5.56 Å². The SMILES string of the molecule is CN(CC(=O)Nc1ccc2cc[nH]c2c1)Cc1ccccc1. The quantitative estimate of drug-likeness (QED) is 0.758. The summed E-state index contributed by atoms with van der Waals surface area (Å²) in [6, 6.07) is 18.0. The first-order valence-electron chi connectivity index (χ1n) is 7.30. The minimum atomic E-state index is -0.00987. The minimum absolute atomic E-state index is 0.00987. The highest BCUT2D eigenvalue weighted by Gasteiger charge is 2.08. The Morgan fingerprint density at radius 3 is 2.77 bits per heavy atom. The highest BCUT2D eigenvalue weighted by Crippen LogP contribution is 2.17. The molecule has 3 rings (SSSR count). The molecule has 3 aromatic rings. The van der Waals surface area contributed by atoms with Crippen molar-refractivity contribution >= 4 is 22.5 Å². The number of nitrogens with one attached hydrogen (secondary N) is 2. The van der Waals surface area contributed by atoms with Crippen molar-refractivity contribution < 1.29 is 4.79 Å². The lowest BCUT2D eigenvalue weighted by molar-refractivity contribution is -0.117. The lowest BCUT2D eigenvalue weighted by Gasteiger charge is -2.16. The van der Waals surface area contributed by atoms with Crippen LogP contribution in [0.4, 0.5) is 5.69 Å². The highest BCUT2D eigenvalue weighted by atomic mass is 16.2. The van der Waals surface area contributed by atoms with Gasteiger partial charge in [-0.05, 0) is 36.2 Å². The number of rotatable bonds is 5. The third-order valence-corrected chi connectivity index (χ3v) is 3.55. The Morgan fingerprint density at radius 2 is 1.95 bits per heavy atom. The normalized spacial score (nSPS) is 11.0.